The van der Waals surface area contributed by atoms with Crippen LogP contribution >= 0.6 is 0 Å². The van der Waals surface area contributed by atoms with Gasteiger partial charge in [0.25, 0.3) is 5.91 Å². The van der Waals surface area contributed by atoms with Gasteiger partial charge < -0.3 is 0 Å². The van der Waals surface area contributed by atoms with E-state index in [-0.39, 0.29) is 6.04 Å². The summed E-state index contributed by atoms with van der Waals surface area (Å²) in [4.78, 5) is 13.5. The fraction of sp³-hybridized carbons (Fsp3) is 0.286. The zero-order valence-electron chi connectivity index (χ0n) is 15.7. The van der Waals surface area contributed by atoms with Crippen molar-refractivity contribution in [2.45, 2.75) is 36.1 Å². The Hall–Kier alpha value is -2.48. The van der Waals surface area contributed by atoms with Crippen molar-refractivity contribution in [2.75, 3.05) is 6.54 Å². The van der Waals surface area contributed by atoms with Crippen LogP contribution in [0.5, 0.6) is 0 Å². The van der Waals surface area contributed by atoms with E-state index in [0.717, 1.165) is 30.5 Å². The molecule has 28 heavy (non-hydrogen) atoms. The predicted octanol–water partition coefficient (Wildman–Crippen LogP) is 3.16. The van der Waals surface area contributed by atoms with Crippen LogP contribution in [0.3, 0.4) is 0 Å². The lowest BCUT2D eigenvalue weighted by molar-refractivity contribution is -0.124. The fourth-order valence-electron chi connectivity index (χ4n) is 3.61. The molecule has 2 aromatic carbocycles. The minimum absolute atomic E-state index is 0.0345. The monoisotopic (exact) mass is 400 g/mol. The zero-order chi connectivity index (χ0) is 20.1. The molecule has 0 bridgehead atoms. The first-order valence-corrected chi connectivity index (χ1v) is 10.7. The second-order valence-corrected chi connectivity index (χ2v) is 9.07. The summed E-state index contributed by atoms with van der Waals surface area (Å²) in [6.45, 7) is 2.49. The van der Waals surface area contributed by atoms with Gasteiger partial charge in [0, 0.05) is 18.7 Å². The molecular formula is C21H24N2O4S. The Morgan fingerprint density at radius 1 is 1.18 bits per heavy atom. The highest BCUT2D eigenvalue weighted by atomic mass is 32.2. The molecular weight excluding hydrogens is 376 g/mol. The minimum atomic E-state index is -3.45. The number of hydroxylamine groups is 1. The number of sulfone groups is 1. The Kier molecular flexibility index (Phi) is 6.28. The molecule has 6 nitrogen and oxygen atoms in total. The molecule has 1 aliphatic heterocycles. The van der Waals surface area contributed by atoms with Crippen LogP contribution in [0.1, 0.15) is 36.9 Å². The molecule has 0 saturated carbocycles. The molecule has 1 saturated heterocycles. The third-order valence-electron chi connectivity index (χ3n) is 5.14. The number of hydrogen-bond donors (Lipinski definition) is 2. The van der Waals surface area contributed by atoms with Crippen LogP contribution in [-0.2, 0) is 14.6 Å². The summed E-state index contributed by atoms with van der Waals surface area (Å²) in [7, 11) is -3.45. The first-order valence-electron chi connectivity index (χ1n) is 9.20. The molecule has 2 unspecified atom stereocenters. The molecule has 1 fully saturated rings. The van der Waals surface area contributed by atoms with E-state index in [1.807, 2.05) is 35.2 Å². The normalized spacial score (nSPS) is 19.0. The molecule has 1 amide bonds. The molecule has 0 aromatic heterocycles. The average molecular weight is 401 g/mol. The van der Waals surface area contributed by atoms with Gasteiger partial charge in [-0.15, -0.1) is 0 Å². The van der Waals surface area contributed by atoms with Crippen LogP contribution in [0.15, 0.2) is 65.6 Å². The quantitative estimate of drug-likeness (QED) is 0.442. The molecule has 148 valence electrons. The molecule has 2 aromatic rings. The Bertz CT molecular complexity index is 940. The summed E-state index contributed by atoms with van der Waals surface area (Å²) in [6, 6.07) is 16.3. The van der Waals surface area contributed by atoms with E-state index in [2.05, 4.69) is 0 Å². The summed E-state index contributed by atoms with van der Waals surface area (Å²) in [5.41, 5.74) is 3.42. The van der Waals surface area contributed by atoms with Crippen molar-refractivity contribution < 1.29 is 18.4 Å². The van der Waals surface area contributed by atoms with E-state index in [1.165, 1.54) is 6.08 Å². The smallest absolute Gasteiger partial charge is 0.267 e. The molecule has 1 heterocycles. The first-order chi connectivity index (χ1) is 13.4. The number of nitrogens with zero attached hydrogens (tertiary/aromatic N) is 1. The molecule has 2 N–H and O–H groups in total. The molecule has 7 heteroatoms. The third-order valence-corrected chi connectivity index (χ3v) is 7.24. The lowest BCUT2D eigenvalue weighted by atomic mass is 10.0. The highest BCUT2D eigenvalue weighted by Gasteiger charge is 2.36. The number of carbonyl (C=O) groups is 1. The van der Waals surface area contributed by atoms with E-state index in [1.54, 1.807) is 42.7 Å². The summed E-state index contributed by atoms with van der Waals surface area (Å²) in [5, 5.41) is 7.91. The van der Waals surface area contributed by atoms with Gasteiger partial charge in [0.1, 0.15) is 5.37 Å². The molecule has 0 aliphatic carbocycles. The predicted molar refractivity (Wildman–Crippen MR) is 107 cm³/mol. The number of carbonyl (C=O) groups excluding carboxylic acids is 1. The Morgan fingerprint density at radius 3 is 2.50 bits per heavy atom. The number of benzene rings is 2. The van der Waals surface area contributed by atoms with Crippen LogP contribution < -0.4 is 5.48 Å². The molecule has 1 aliphatic rings. The van der Waals surface area contributed by atoms with Crippen LogP contribution in [0, 0.1) is 0 Å². The maximum Gasteiger partial charge on any atom is 0.267 e. The van der Waals surface area contributed by atoms with Crippen molar-refractivity contribution in [3.63, 3.8) is 0 Å². The molecule has 3 rings (SSSR count). The van der Waals surface area contributed by atoms with Gasteiger partial charge in [0.05, 0.1) is 4.90 Å². The van der Waals surface area contributed by atoms with Gasteiger partial charge in [-0.2, -0.15) is 0 Å². The van der Waals surface area contributed by atoms with Gasteiger partial charge in [-0.3, -0.25) is 14.9 Å². The highest BCUT2D eigenvalue weighted by molar-refractivity contribution is 7.92. The largest absolute Gasteiger partial charge is 0.288 e. The summed E-state index contributed by atoms with van der Waals surface area (Å²) in [6.07, 6.45) is 4.68. The number of rotatable bonds is 6. The van der Waals surface area contributed by atoms with Crippen molar-refractivity contribution >= 4 is 21.8 Å². The van der Waals surface area contributed by atoms with E-state index < -0.39 is 21.1 Å². The molecule has 0 spiro atoms. The number of likely N-dealkylation sites (tertiary alicyclic amines) is 1. The summed E-state index contributed by atoms with van der Waals surface area (Å²) >= 11 is 0. The SMILES string of the molecule is CC(N1CCCC1c1ccc(C=CC(=O)NO)cc1)S(=O)(=O)c1ccccc1. The maximum absolute atomic E-state index is 13.0. The zero-order valence-corrected chi connectivity index (χ0v) is 16.5. The van der Waals surface area contributed by atoms with Crippen LogP contribution in [0.2, 0.25) is 0 Å². The van der Waals surface area contributed by atoms with Crippen molar-refractivity contribution in [1.82, 2.24) is 10.4 Å². The van der Waals surface area contributed by atoms with Crippen molar-refractivity contribution in [3.05, 3.63) is 71.8 Å². The van der Waals surface area contributed by atoms with E-state index >= 15 is 0 Å². The lowest BCUT2D eigenvalue weighted by Gasteiger charge is -2.30. The number of hydrogen-bond acceptors (Lipinski definition) is 5. The Balaban J connectivity index is 1.79. The van der Waals surface area contributed by atoms with Crippen LogP contribution in [0.4, 0.5) is 0 Å². The van der Waals surface area contributed by atoms with Gasteiger partial charge >= 0.3 is 0 Å². The molecule has 0 radical (unpaired) electrons. The Morgan fingerprint density at radius 2 is 1.86 bits per heavy atom. The highest BCUT2D eigenvalue weighted by Crippen LogP contribution is 2.36. The first kappa shape index (κ1) is 20.3. The van der Waals surface area contributed by atoms with E-state index in [4.69, 9.17) is 5.21 Å². The van der Waals surface area contributed by atoms with E-state index in [9.17, 15) is 13.2 Å². The fourth-order valence-corrected chi connectivity index (χ4v) is 5.15. The third kappa shape index (κ3) is 4.32. The van der Waals surface area contributed by atoms with Gasteiger partial charge in [0.15, 0.2) is 9.84 Å². The standard InChI is InChI=1S/C21H24N2O4S/c1-16(28(26,27)19-6-3-2-4-7-19)23-15-5-8-20(23)18-12-9-17(10-13-18)11-14-21(24)22-25/h2-4,6-7,9-14,16,20,25H,5,8,15H2,1H3,(H,22,24). The van der Waals surface area contributed by atoms with Crippen molar-refractivity contribution in [1.29, 1.82) is 0 Å². The Labute approximate surface area is 165 Å². The van der Waals surface area contributed by atoms with Gasteiger partial charge in [-0.1, -0.05) is 42.5 Å². The average Bonchev–Trinajstić information content (AvgIpc) is 3.22. The second kappa shape index (κ2) is 8.68. The number of nitrogens with one attached hydrogen (secondary N) is 1. The lowest BCUT2D eigenvalue weighted by Crippen LogP contribution is -2.38. The molecule has 2 atom stereocenters. The van der Waals surface area contributed by atoms with Crippen molar-refractivity contribution in [2.24, 2.45) is 0 Å². The van der Waals surface area contributed by atoms with E-state index in [0.29, 0.717) is 4.90 Å². The van der Waals surface area contributed by atoms with Gasteiger partial charge in [-0.25, -0.2) is 13.9 Å². The minimum Gasteiger partial charge on any atom is -0.288 e. The summed E-state index contributed by atoms with van der Waals surface area (Å²) < 4.78 is 26.0. The second-order valence-electron chi connectivity index (χ2n) is 6.83. The maximum atomic E-state index is 13.0. The van der Waals surface area contributed by atoms with Crippen molar-refractivity contribution in [3.8, 4) is 0 Å². The van der Waals surface area contributed by atoms with Crippen LogP contribution in [0.25, 0.3) is 6.08 Å². The topological polar surface area (TPSA) is 86.7 Å². The van der Waals surface area contributed by atoms with Crippen LogP contribution in [-0.4, -0.2) is 36.4 Å². The van der Waals surface area contributed by atoms with Gasteiger partial charge in [-0.05, 0) is 49.1 Å². The number of amides is 1. The summed E-state index contributed by atoms with van der Waals surface area (Å²) in [5.74, 6) is -0.592. The van der Waals surface area contributed by atoms with Gasteiger partial charge in [0.2, 0.25) is 0 Å².